The number of rotatable bonds is 4. The van der Waals surface area contributed by atoms with E-state index in [0.29, 0.717) is 11.8 Å². The lowest BCUT2D eigenvalue weighted by molar-refractivity contribution is -0.142. The standard InChI is InChI=1S/C14H15ClN2O2/c1-9(18)19-8-13-7-17-6-12(10-2-3-10)4-11(5-15)14(17)16-13/h4,6-7,10H,2-3,5,8H2,1H3. The van der Waals surface area contributed by atoms with E-state index in [4.69, 9.17) is 16.3 Å². The van der Waals surface area contributed by atoms with Gasteiger partial charge in [0.05, 0.1) is 11.6 Å². The molecule has 5 heteroatoms. The Labute approximate surface area is 116 Å². The van der Waals surface area contributed by atoms with Crippen LogP contribution < -0.4 is 0 Å². The van der Waals surface area contributed by atoms with Crippen LogP contribution in [0.15, 0.2) is 18.5 Å². The number of esters is 1. The van der Waals surface area contributed by atoms with Gasteiger partial charge in [-0.1, -0.05) is 0 Å². The lowest BCUT2D eigenvalue weighted by atomic mass is 10.1. The molecule has 0 aliphatic heterocycles. The van der Waals surface area contributed by atoms with Crippen LogP contribution in [0, 0.1) is 0 Å². The number of fused-ring (bicyclic) bond motifs is 1. The molecule has 4 nitrogen and oxygen atoms in total. The molecule has 0 amide bonds. The van der Waals surface area contributed by atoms with Crippen molar-refractivity contribution < 1.29 is 9.53 Å². The van der Waals surface area contributed by atoms with Gasteiger partial charge in [0.1, 0.15) is 12.3 Å². The molecule has 0 spiro atoms. The number of alkyl halides is 1. The van der Waals surface area contributed by atoms with Crippen LogP contribution in [0.4, 0.5) is 0 Å². The van der Waals surface area contributed by atoms with Crippen LogP contribution >= 0.6 is 11.6 Å². The third-order valence-electron chi connectivity index (χ3n) is 3.31. The summed E-state index contributed by atoms with van der Waals surface area (Å²) in [6.45, 7) is 1.60. The van der Waals surface area contributed by atoms with Crippen LogP contribution in [0.5, 0.6) is 0 Å². The Morgan fingerprint density at radius 3 is 2.95 bits per heavy atom. The van der Waals surface area contributed by atoms with E-state index in [2.05, 4.69) is 17.2 Å². The molecule has 1 saturated carbocycles. The zero-order chi connectivity index (χ0) is 13.4. The van der Waals surface area contributed by atoms with E-state index >= 15 is 0 Å². The Morgan fingerprint density at radius 2 is 2.32 bits per heavy atom. The number of ether oxygens (including phenoxy) is 1. The van der Waals surface area contributed by atoms with E-state index in [9.17, 15) is 4.79 Å². The van der Waals surface area contributed by atoms with Crippen molar-refractivity contribution in [3.63, 3.8) is 0 Å². The second-order valence-corrected chi connectivity index (χ2v) is 5.22. The molecule has 0 saturated heterocycles. The average molecular weight is 279 g/mol. The maximum atomic E-state index is 10.8. The Balaban J connectivity index is 1.97. The summed E-state index contributed by atoms with van der Waals surface area (Å²) >= 11 is 6.00. The summed E-state index contributed by atoms with van der Waals surface area (Å²) in [5.74, 6) is 0.813. The number of carbonyl (C=O) groups excluding carboxylic acids is 1. The minimum Gasteiger partial charge on any atom is -0.459 e. The number of pyridine rings is 1. The van der Waals surface area contributed by atoms with Crippen molar-refractivity contribution in [1.29, 1.82) is 0 Å². The molecule has 0 unspecified atom stereocenters. The molecule has 1 fully saturated rings. The van der Waals surface area contributed by atoms with Crippen LogP contribution in [-0.4, -0.2) is 15.4 Å². The molecular weight excluding hydrogens is 264 g/mol. The van der Waals surface area contributed by atoms with Crippen molar-refractivity contribution in [2.75, 3.05) is 0 Å². The SMILES string of the molecule is CC(=O)OCc1cn2cc(C3CC3)cc(CCl)c2n1. The van der Waals surface area contributed by atoms with E-state index in [1.165, 1.54) is 25.3 Å². The number of halogens is 1. The van der Waals surface area contributed by atoms with Crippen LogP contribution in [0.2, 0.25) is 0 Å². The predicted octanol–water partition coefficient (Wildman–Crippen LogP) is 3.01. The molecule has 1 aliphatic rings. The molecule has 2 heterocycles. The van der Waals surface area contributed by atoms with Gasteiger partial charge in [0.15, 0.2) is 0 Å². The molecule has 0 radical (unpaired) electrons. The van der Waals surface area contributed by atoms with Crippen molar-refractivity contribution in [2.45, 2.75) is 38.2 Å². The van der Waals surface area contributed by atoms with Gasteiger partial charge in [-0.15, -0.1) is 11.6 Å². The zero-order valence-electron chi connectivity index (χ0n) is 10.7. The van der Waals surface area contributed by atoms with E-state index < -0.39 is 0 Å². The summed E-state index contributed by atoms with van der Waals surface area (Å²) in [7, 11) is 0. The molecular formula is C14H15ClN2O2. The van der Waals surface area contributed by atoms with Gasteiger partial charge in [0.25, 0.3) is 0 Å². The predicted molar refractivity (Wildman–Crippen MR) is 72.2 cm³/mol. The van der Waals surface area contributed by atoms with E-state index in [1.54, 1.807) is 0 Å². The molecule has 0 bridgehead atoms. The number of imidazole rings is 1. The Kier molecular flexibility index (Phi) is 3.19. The second kappa shape index (κ2) is 4.85. The molecule has 1 aliphatic carbocycles. The zero-order valence-corrected chi connectivity index (χ0v) is 11.5. The maximum Gasteiger partial charge on any atom is 0.303 e. The second-order valence-electron chi connectivity index (χ2n) is 4.95. The molecule has 0 aromatic carbocycles. The van der Waals surface area contributed by atoms with Crippen LogP contribution in [0.25, 0.3) is 5.65 Å². The van der Waals surface area contributed by atoms with Crippen molar-refractivity contribution in [3.8, 4) is 0 Å². The first-order valence-electron chi connectivity index (χ1n) is 6.37. The van der Waals surface area contributed by atoms with Crippen molar-refractivity contribution in [3.05, 3.63) is 35.3 Å². The van der Waals surface area contributed by atoms with Crippen molar-refractivity contribution >= 4 is 23.2 Å². The van der Waals surface area contributed by atoms with Crippen LogP contribution in [-0.2, 0) is 22.0 Å². The smallest absolute Gasteiger partial charge is 0.303 e. The van der Waals surface area contributed by atoms with E-state index in [-0.39, 0.29) is 12.6 Å². The lowest BCUT2D eigenvalue weighted by Gasteiger charge is -2.04. The summed E-state index contributed by atoms with van der Waals surface area (Å²) < 4.78 is 6.96. The van der Waals surface area contributed by atoms with Crippen molar-refractivity contribution in [1.82, 2.24) is 9.38 Å². The van der Waals surface area contributed by atoms with Crippen LogP contribution in [0.1, 0.15) is 42.5 Å². The number of carbonyl (C=O) groups is 1. The molecule has 0 N–H and O–H groups in total. The number of hydrogen-bond donors (Lipinski definition) is 0. The number of hydrogen-bond acceptors (Lipinski definition) is 3. The third-order valence-corrected chi connectivity index (χ3v) is 3.60. The van der Waals surface area contributed by atoms with Gasteiger partial charge in [-0.25, -0.2) is 4.98 Å². The first kappa shape index (κ1) is 12.5. The first-order chi connectivity index (χ1) is 9.17. The highest BCUT2D eigenvalue weighted by Crippen LogP contribution is 2.40. The maximum absolute atomic E-state index is 10.8. The largest absolute Gasteiger partial charge is 0.459 e. The summed E-state index contributed by atoms with van der Waals surface area (Å²) in [5, 5.41) is 0. The number of nitrogens with zero attached hydrogens (tertiary/aromatic N) is 2. The highest BCUT2D eigenvalue weighted by Gasteiger charge is 2.25. The van der Waals surface area contributed by atoms with Gasteiger partial charge in [-0.2, -0.15) is 0 Å². The van der Waals surface area contributed by atoms with Gasteiger partial charge >= 0.3 is 5.97 Å². The van der Waals surface area contributed by atoms with Gasteiger partial charge in [-0.05, 0) is 30.4 Å². The fraction of sp³-hybridized carbons (Fsp3) is 0.429. The monoisotopic (exact) mass is 278 g/mol. The Morgan fingerprint density at radius 1 is 1.53 bits per heavy atom. The fourth-order valence-corrected chi connectivity index (χ4v) is 2.42. The van der Waals surface area contributed by atoms with Crippen LogP contribution in [0.3, 0.4) is 0 Å². The summed E-state index contributed by atoms with van der Waals surface area (Å²) in [4.78, 5) is 15.3. The first-order valence-corrected chi connectivity index (χ1v) is 6.90. The molecule has 2 aromatic heterocycles. The number of aromatic nitrogens is 2. The molecule has 2 aromatic rings. The minimum absolute atomic E-state index is 0.206. The minimum atomic E-state index is -0.298. The van der Waals surface area contributed by atoms with E-state index in [1.807, 2.05) is 10.6 Å². The highest BCUT2D eigenvalue weighted by molar-refractivity contribution is 6.17. The summed E-state index contributed by atoms with van der Waals surface area (Å²) in [5.41, 5.74) is 3.94. The average Bonchev–Trinajstić information content (AvgIpc) is 3.15. The lowest BCUT2D eigenvalue weighted by Crippen LogP contribution is -1.98. The summed E-state index contributed by atoms with van der Waals surface area (Å²) in [6, 6.07) is 2.14. The molecule has 3 rings (SSSR count). The van der Waals surface area contributed by atoms with Crippen molar-refractivity contribution in [2.24, 2.45) is 0 Å². The van der Waals surface area contributed by atoms with Gasteiger partial charge < -0.3 is 9.14 Å². The Bertz CT molecular complexity index is 632. The van der Waals surface area contributed by atoms with Gasteiger partial charge in [0.2, 0.25) is 0 Å². The normalized spacial score (nSPS) is 14.8. The molecule has 0 atom stereocenters. The summed E-state index contributed by atoms with van der Waals surface area (Å²) in [6.07, 6.45) is 6.51. The highest BCUT2D eigenvalue weighted by atomic mass is 35.5. The fourth-order valence-electron chi connectivity index (χ4n) is 2.23. The van der Waals surface area contributed by atoms with Gasteiger partial charge in [-0.3, -0.25) is 4.79 Å². The molecule has 100 valence electrons. The topological polar surface area (TPSA) is 43.6 Å². The Hall–Kier alpha value is -1.55. The molecule has 19 heavy (non-hydrogen) atoms. The van der Waals surface area contributed by atoms with E-state index in [0.717, 1.165) is 16.9 Å². The third kappa shape index (κ3) is 2.59. The van der Waals surface area contributed by atoms with Gasteiger partial charge in [0, 0.05) is 24.9 Å². The quantitative estimate of drug-likeness (QED) is 0.638.